The van der Waals surface area contributed by atoms with Gasteiger partial charge in [-0.1, -0.05) is 51.8 Å². The van der Waals surface area contributed by atoms with Crippen LogP contribution < -0.4 is 5.32 Å². The van der Waals surface area contributed by atoms with Crippen molar-refractivity contribution in [3.05, 3.63) is 76.9 Å². The van der Waals surface area contributed by atoms with Crippen molar-refractivity contribution in [2.75, 3.05) is 19.5 Å². The standard InChI is InChI=1S/C12H10ClN5.C10H13NO.2CH2O/c1-14-9-5-4-8(13)7-11(9)18-10-3-2-6-15-12(10)16-17-18;1-8-4-6-10(7-5-8)9(2)11-12-3;2*1-2/h2-7,14H,1H3;4-7H,1-3H3;2*1H2/b;11-9-;;. The summed E-state index contributed by atoms with van der Waals surface area (Å²) in [6.07, 6.45) is 1.69. The average Bonchev–Trinajstić information content (AvgIpc) is 3.31. The largest absolute Gasteiger partial charge is 0.399 e. The summed E-state index contributed by atoms with van der Waals surface area (Å²) in [5.41, 5.74) is 6.48. The maximum Gasteiger partial charge on any atom is 0.202 e. The first-order chi connectivity index (χ1) is 16.5. The molecular weight excluding hydrogens is 456 g/mol. The highest BCUT2D eigenvalue weighted by atomic mass is 35.5. The zero-order valence-electron chi connectivity index (χ0n) is 19.5. The number of pyridine rings is 1. The summed E-state index contributed by atoms with van der Waals surface area (Å²) in [4.78, 5) is 24.8. The average molecular weight is 483 g/mol. The first kappa shape index (κ1) is 27.9. The van der Waals surface area contributed by atoms with Crippen molar-refractivity contribution in [2.45, 2.75) is 13.8 Å². The Labute approximate surface area is 203 Å². The number of nitrogens with one attached hydrogen (secondary N) is 1. The van der Waals surface area contributed by atoms with Crippen molar-refractivity contribution in [1.82, 2.24) is 20.0 Å². The van der Waals surface area contributed by atoms with Crippen LogP contribution in [0.25, 0.3) is 16.9 Å². The van der Waals surface area contributed by atoms with Gasteiger partial charge in [-0.3, -0.25) is 0 Å². The number of aryl methyl sites for hydroxylation is 1. The Morgan fingerprint density at radius 3 is 2.38 bits per heavy atom. The van der Waals surface area contributed by atoms with E-state index in [9.17, 15) is 0 Å². The van der Waals surface area contributed by atoms with Crippen molar-refractivity contribution in [2.24, 2.45) is 5.16 Å². The van der Waals surface area contributed by atoms with E-state index in [1.54, 1.807) is 18.0 Å². The molecule has 178 valence electrons. The molecule has 4 rings (SSSR count). The Morgan fingerprint density at radius 2 is 1.76 bits per heavy atom. The van der Waals surface area contributed by atoms with Crippen LogP contribution in [-0.2, 0) is 14.4 Å². The van der Waals surface area contributed by atoms with Crippen LogP contribution in [0.4, 0.5) is 5.69 Å². The molecule has 4 aromatic rings. The summed E-state index contributed by atoms with van der Waals surface area (Å²) in [6, 6.07) is 17.5. The smallest absolute Gasteiger partial charge is 0.202 e. The molecule has 0 aliphatic carbocycles. The van der Waals surface area contributed by atoms with Gasteiger partial charge in [0.05, 0.1) is 17.1 Å². The van der Waals surface area contributed by atoms with E-state index in [0.29, 0.717) is 10.7 Å². The van der Waals surface area contributed by atoms with Crippen molar-refractivity contribution in [3.8, 4) is 5.69 Å². The predicted octanol–water partition coefficient (Wildman–Crippen LogP) is 4.51. The van der Waals surface area contributed by atoms with Crippen LogP contribution in [0.15, 0.2) is 65.9 Å². The second kappa shape index (κ2) is 14.9. The fourth-order valence-electron chi connectivity index (χ4n) is 2.82. The molecule has 0 spiro atoms. The molecule has 0 amide bonds. The number of rotatable bonds is 4. The summed E-state index contributed by atoms with van der Waals surface area (Å²) in [5.74, 6) is 0. The molecule has 0 radical (unpaired) electrons. The molecule has 2 heterocycles. The number of carbonyl (C=O) groups is 2. The van der Waals surface area contributed by atoms with Crippen LogP contribution in [-0.4, -0.2) is 53.4 Å². The second-order valence-corrected chi connectivity index (χ2v) is 6.92. The van der Waals surface area contributed by atoms with Crippen molar-refractivity contribution >= 4 is 47.7 Å². The molecular formula is C24H27ClN6O3. The topological polar surface area (TPSA) is 111 Å². The lowest BCUT2D eigenvalue weighted by Gasteiger charge is -2.09. The number of aromatic nitrogens is 4. The summed E-state index contributed by atoms with van der Waals surface area (Å²) < 4.78 is 1.72. The normalized spacial score (nSPS) is 9.97. The maximum atomic E-state index is 8.00. The monoisotopic (exact) mass is 482 g/mol. The van der Waals surface area contributed by atoms with Gasteiger partial charge in [0.25, 0.3) is 0 Å². The SMILES string of the molecule is C=O.C=O.CNc1ccc(Cl)cc1-n1nnc2ncccc21.CO/N=C(/C)c1ccc(C)cc1. The van der Waals surface area contributed by atoms with Gasteiger partial charge in [0.2, 0.25) is 5.65 Å². The van der Waals surface area contributed by atoms with Gasteiger partial charge in [-0.2, -0.15) is 0 Å². The number of halogens is 1. The van der Waals surface area contributed by atoms with Gasteiger partial charge < -0.3 is 19.7 Å². The van der Waals surface area contributed by atoms with E-state index >= 15 is 0 Å². The minimum atomic E-state index is 0.611. The molecule has 1 N–H and O–H groups in total. The van der Waals surface area contributed by atoms with Crippen LogP contribution in [0.3, 0.4) is 0 Å². The van der Waals surface area contributed by atoms with E-state index in [0.717, 1.165) is 28.2 Å². The van der Waals surface area contributed by atoms with Gasteiger partial charge in [0.1, 0.15) is 26.2 Å². The van der Waals surface area contributed by atoms with E-state index in [1.165, 1.54) is 5.56 Å². The van der Waals surface area contributed by atoms with Gasteiger partial charge in [0, 0.05) is 18.3 Å². The molecule has 0 aliphatic rings. The van der Waals surface area contributed by atoms with Crippen molar-refractivity contribution in [3.63, 3.8) is 0 Å². The zero-order valence-corrected chi connectivity index (χ0v) is 20.3. The van der Waals surface area contributed by atoms with Crippen LogP contribution >= 0.6 is 11.6 Å². The van der Waals surface area contributed by atoms with E-state index in [-0.39, 0.29) is 0 Å². The second-order valence-electron chi connectivity index (χ2n) is 6.48. The number of hydrogen-bond donors (Lipinski definition) is 1. The first-order valence-electron chi connectivity index (χ1n) is 9.90. The summed E-state index contributed by atoms with van der Waals surface area (Å²) in [7, 11) is 3.40. The quantitative estimate of drug-likeness (QED) is 0.336. The highest BCUT2D eigenvalue weighted by Crippen LogP contribution is 2.25. The van der Waals surface area contributed by atoms with Gasteiger partial charge in [0.15, 0.2) is 0 Å². The van der Waals surface area contributed by atoms with E-state index in [4.69, 9.17) is 21.2 Å². The van der Waals surface area contributed by atoms with E-state index < -0.39 is 0 Å². The predicted molar refractivity (Wildman–Crippen MR) is 136 cm³/mol. The third-order valence-corrected chi connectivity index (χ3v) is 4.61. The lowest BCUT2D eigenvalue weighted by Crippen LogP contribution is -2.02. The molecule has 2 aromatic heterocycles. The van der Waals surface area contributed by atoms with Crippen molar-refractivity contribution < 1.29 is 14.4 Å². The Balaban J connectivity index is 0.000000316. The minimum absolute atomic E-state index is 0.611. The molecule has 0 bridgehead atoms. The van der Waals surface area contributed by atoms with Crippen molar-refractivity contribution in [1.29, 1.82) is 0 Å². The Bertz CT molecular complexity index is 1190. The molecule has 0 saturated heterocycles. The van der Waals surface area contributed by atoms with Gasteiger partial charge in [-0.25, -0.2) is 9.67 Å². The number of hydrogen-bond acceptors (Lipinski definition) is 8. The Morgan fingerprint density at radius 1 is 1.09 bits per heavy atom. The summed E-state index contributed by atoms with van der Waals surface area (Å²) in [6.45, 7) is 7.99. The molecule has 0 unspecified atom stereocenters. The van der Waals surface area contributed by atoms with Gasteiger partial charge in [-0.15, -0.1) is 5.10 Å². The number of anilines is 1. The number of carbonyl (C=O) groups excluding carboxylic acids is 2. The summed E-state index contributed by atoms with van der Waals surface area (Å²) in [5, 5.41) is 15.8. The number of oxime groups is 1. The number of nitrogens with zero attached hydrogens (tertiary/aromatic N) is 5. The Hall–Kier alpha value is -4.11. The third-order valence-electron chi connectivity index (χ3n) is 4.38. The molecule has 0 aliphatic heterocycles. The molecule has 9 nitrogen and oxygen atoms in total. The molecule has 0 saturated carbocycles. The number of fused-ring (bicyclic) bond motifs is 1. The Kier molecular flexibility index (Phi) is 12.2. The lowest BCUT2D eigenvalue weighted by atomic mass is 10.1. The fraction of sp³-hybridized carbons (Fsp3) is 0.167. The van der Waals surface area contributed by atoms with Crippen LogP contribution in [0, 0.1) is 6.92 Å². The zero-order chi connectivity index (χ0) is 25.5. The summed E-state index contributed by atoms with van der Waals surface area (Å²) >= 11 is 6.04. The highest BCUT2D eigenvalue weighted by molar-refractivity contribution is 6.30. The van der Waals surface area contributed by atoms with Crippen LogP contribution in [0.5, 0.6) is 0 Å². The van der Waals surface area contributed by atoms with Gasteiger partial charge in [-0.05, 0) is 49.7 Å². The molecule has 34 heavy (non-hydrogen) atoms. The molecule has 2 aromatic carbocycles. The van der Waals surface area contributed by atoms with Crippen LogP contribution in [0.2, 0.25) is 5.02 Å². The fourth-order valence-corrected chi connectivity index (χ4v) is 2.99. The highest BCUT2D eigenvalue weighted by Gasteiger charge is 2.10. The van der Waals surface area contributed by atoms with Gasteiger partial charge >= 0.3 is 0 Å². The van der Waals surface area contributed by atoms with Crippen LogP contribution in [0.1, 0.15) is 18.1 Å². The third kappa shape index (κ3) is 7.49. The molecule has 10 heteroatoms. The number of benzene rings is 2. The lowest BCUT2D eigenvalue weighted by molar-refractivity contribution is -0.0987. The molecule has 0 atom stereocenters. The minimum Gasteiger partial charge on any atom is -0.399 e. The maximum absolute atomic E-state index is 8.00. The van der Waals surface area contributed by atoms with E-state index in [1.807, 2.05) is 70.0 Å². The van der Waals surface area contributed by atoms with E-state index in [2.05, 4.69) is 49.7 Å². The first-order valence-corrected chi connectivity index (χ1v) is 10.3. The molecule has 0 fully saturated rings.